The van der Waals surface area contributed by atoms with Gasteiger partial charge in [-0.15, -0.1) is 0 Å². The number of nitrogens with zero attached hydrogens (tertiary/aromatic N) is 5. The molecule has 9 nitrogen and oxygen atoms in total. The first-order valence-electron chi connectivity index (χ1n) is 10.5. The molecule has 10 heteroatoms. The van der Waals surface area contributed by atoms with E-state index in [1.807, 2.05) is 43.3 Å². The molecular weight excluding hydrogens is 472 g/mol. The molecule has 32 heavy (non-hydrogen) atoms. The number of pyridine rings is 1. The van der Waals surface area contributed by atoms with E-state index in [9.17, 15) is 4.79 Å². The van der Waals surface area contributed by atoms with Crippen LogP contribution in [-0.4, -0.2) is 43.8 Å². The van der Waals surface area contributed by atoms with E-state index in [0.29, 0.717) is 24.1 Å². The van der Waals surface area contributed by atoms with Gasteiger partial charge in [-0.3, -0.25) is 9.69 Å². The van der Waals surface area contributed by atoms with E-state index in [0.717, 1.165) is 29.5 Å². The van der Waals surface area contributed by atoms with Crippen molar-refractivity contribution in [2.75, 3.05) is 29.5 Å². The fourth-order valence-electron chi connectivity index (χ4n) is 3.72. The zero-order valence-electron chi connectivity index (χ0n) is 17.7. The molecule has 0 aliphatic carbocycles. The first-order valence-corrected chi connectivity index (χ1v) is 11.3. The maximum atomic E-state index is 12.8. The summed E-state index contributed by atoms with van der Waals surface area (Å²) in [5.41, 5.74) is 6.83. The van der Waals surface area contributed by atoms with Crippen LogP contribution in [0.2, 0.25) is 0 Å². The second-order valence-corrected chi connectivity index (χ2v) is 8.64. The van der Waals surface area contributed by atoms with E-state index in [1.165, 1.54) is 0 Å². The fourth-order valence-corrected chi connectivity index (χ4v) is 3.95. The molecule has 0 radical (unpaired) electrons. The van der Waals surface area contributed by atoms with Gasteiger partial charge in [0.25, 0.3) is 0 Å². The molecule has 3 aromatic rings. The Bertz CT molecular complexity index is 1060. The molecule has 1 aromatic carbocycles. The van der Waals surface area contributed by atoms with E-state index in [2.05, 4.69) is 51.4 Å². The van der Waals surface area contributed by atoms with Gasteiger partial charge in [-0.1, -0.05) is 18.2 Å². The smallest absolute Gasteiger partial charge is 0.232 e. The number of carbonyl (C=O) groups excluding carboxylic acids is 1. The summed E-state index contributed by atoms with van der Waals surface area (Å²) in [5, 5.41) is 6.08. The molecule has 2 atom stereocenters. The van der Waals surface area contributed by atoms with Gasteiger partial charge in [0.05, 0.1) is 12.0 Å². The summed E-state index contributed by atoms with van der Waals surface area (Å²) in [6, 6.07) is 13.2. The normalized spacial score (nSPS) is 17.5. The maximum absolute atomic E-state index is 12.8. The van der Waals surface area contributed by atoms with Gasteiger partial charge >= 0.3 is 0 Å². The largest absolute Gasteiger partial charge is 0.368 e. The van der Waals surface area contributed by atoms with Gasteiger partial charge in [0.2, 0.25) is 17.8 Å². The van der Waals surface area contributed by atoms with Crippen LogP contribution in [-0.2, 0) is 4.79 Å². The highest BCUT2D eigenvalue weighted by Gasteiger charge is 2.30. The van der Waals surface area contributed by atoms with Crippen molar-refractivity contribution in [2.24, 2.45) is 5.92 Å². The number of amides is 1. The third-order valence-electron chi connectivity index (χ3n) is 5.42. The molecule has 1 amide bonds. The maximum Gasteiger partial charge on any atom is 0.232 e. The predicted molar refractivity (Wildman–Crippen MR) is 127 cm³/mol. The number of likely N-dealkylation sites (tertiary alicyclic amines) is 1. The van der Waals surface area contributed by atoms with Gasteiger partial charge in [-0.25, -0.2) is 4.98 Å². The Morgan fingerprint density at radius 2 is 2.00 bits per heavy atom. The van der Waals surface area contributed by atoms with Crippen molar-refractivity contribution < 1.29 is 4.79 Å². The number of hydrogen-bond acceptors (Lipinski definition) is 8. The van der Waals surface area contributed by atoms with Crippen molar-refractivity contribution in [3.8, 4) is 0 Å². The number of carbonyl (C=O) groups is 1. The Morgan fingerprint density at radius 3 is 2.75 bits per heavy atom. The monoisotopic (exact) mass is 496 g/mol. The molecule has 2 unspecified atom stereocenters. The zero-order chi connectivity index (χ0) is 22.5. The Hall–Kier alpha value is -3.11. The standard InChI is InChI=1S/C22H25BrN8O/c1-14(19-28-21(24)30-22(29-19)26-17-7-3-2-4-8-17)31-11-5-6-15(13-31)20(32)27-18-10-9-16(23)12-25-18/h2-4,7-10,12,14-15H,5-6,11,13H2,1H3,(H,25,27,32)(H3,24,26,28,29,30). The third-order valence-corrected chi connectivity index (χ3v) is 5.89. The van der Waals surface area contributed by atoms with Gasteiger partial charge in [-0.2, -0.15) is 15.0 Å². The minimum Gasteiger partial charge on any atom is -0.368 e. The van der Waals surface area contributed by atoms with Crippen molar-refractivity contribution in [1.82, 2.24) is 24.8 Å². The van der Waals surface area contributed by atoms with Crippen LogP contribution >= 0.6 is 15.9 Å². The second kappa shape index (κ2) is 10.0. The fraction of sp³-hybridized carbons (Fsp3) is 0.318. The predicted octanol–water partition coefficient (Wildman–Crippen LogP) is 3.77. The van der Waals surface area contributed by atoms with Gasteiger partial charge in [0.15, 0.2) is 5.82 Å². The van der Waals surface area contributed by atoms with Crippen LogP contribution in [0.15, 0.2) is 53.1 Å². The number of anilines is 4. The average Bonchev–Trinajstić information content (AvgIpc) is 2.80. The number of benzene rings is 1. The van der Waals surface area contributed by atoms with Gasteiger partial charge in [-0.05, 0) is 66.5 Å². The molecule has 3 heterocycles. The van der Waals surface area contributed by atoms with Crippen LogP contribution in [0.5, 0.6) is 0 Å². The number of nitrogen functional groups attached to an aromatic ring is 1. The number of aromatic nitrogens is 4. The van der Waals surface area contributed by atoms with Crippen molar-refractivity contribution in [3.63, 3.8) is 0 Å². The molecule has 1 aliphatic heterocycles. The summed E-state index contributed by atoms with van der Waals surface area (Å²) >= 11 is 3.35. The Balaban J connectivity index is 1.44. The van der Waals surface area contributed by atoms with Crippen LogP contribution in [0.3, 0.4) is 0 Å². The zero-order valence-corrected chi connectivity index (χ0v) is 19.3. The number of piperidine rings is 1. The molecule has 1 fully saturated rings. The van der Waals surface area contributed by atoms with Crippen LogP contribution in [0.25, 0.3) is 0 Å². The second-order valence-electron chi connectivity index (χ2n) is 7.73. The lowest BCUT2D eigenvalue weighted by Gasteiger charge is -2.35. The van der Waals surface area contributed by atoms with E-state index in [1.54, 1.807) is 12.3 Å². The van der Waals surface area contributed by atoms with E-state index >= 15 is 0 Å². The van der Waals surface area contributed by atoms with E-state index in [-0.39, 0.29) is 23.8 Å². The van der Waals surface area contributed by atoms with Gasteiger partial charge in [0, 0.05) is 22.9 Å². The number of nitrogens with two attached hydrogens (primary N) is 1. The number of para-hydroxylation sites is 1. The SMILES string of the molecule is CC(c1nc(N)nc(Nc2ccccc2)n1)N1CCCC(C(=O)Nc2ccc(Br)cn2)C1. The summed E-state index contributed by atoms with van der Waals surface area (Å²) in [7, 11) is 0. The molecule has 166 valence electrons. The first-order chi connectivity index (χ1) is 15.5. The quantitative estimate of drug-likeness (QED) is 0.471. The van der Waals surface area contributed by atoms with Crippen molar-refractivity contribution in [2.45, 2.75) is 25.8 Å². The molecule has 1 aliphatic rings. The lowest BCUT2D eigenvalue weighted by molar-refractivity contribution is -0.121. The highest BCUT2D eigenvalue weighted by Crippen LogP contribution is 2.27. The van der Waals surface area contributed by atoms with Gasteiger partial charge in [0.1, 0.15) is 5.82 Å². The third kappa shape index (κ3) is 5.57. The van der Waals surface area contributed by atoms with Gasteiger partial charge < -0.3 is 16.4 Å². The molecule has 4 rings (SSSR count). The van der Waals surface area contributed by atoms with Crippen LogP contribution in [0, 0.1) is 5.92 Å². The highest BCUT2D eigenvalue weighted by molar-refractivity contribution is 9.10. The molecule has 0 saturated carbocycles. The highest BCUT2D eigenvalue weighted by atomic mass is 79.9. The Labute approximate surface area is 195 Å². The molecule has 2 aromatic heterocycles. The number of hydrogen-bond donors (Lipinski definition) is 3. The summed E-state index contributed by atoms with van der Waals surface area (Å²) < 4.78 is 0.867. The lowest BCUT2D eigenvalue weighted by atomic mass is 9.96. The summed E-state index contributed by atoms with van der Waals surface area (Å²) in [6.07, 6.45) is 3.40. The number of nitrogens with one attached hydrogen (secondary N) is 2. The topological polar surface area (TPSA) is 122 Å². The van der Waals surface area contributed by atoms with Crippen molar-refractivity contribution in [1.29, 1.82) is 0 Å². The Morgan fingerprint density at radius 1 is 1.19 bits per heavy atom. The summed E-state index contributed by atoms with van der Waals surface area (Å²) in [4.78, 5) is 32.4. The van der Waals surface area contributed by atoms with Crippen molar-refractivity contribution in [3.05, 3.63) is 59.0 Å². The molecule has 1 saturated heterocycles. The van der Waals surface area contributed by atoms with Crippen LogP contribution < -0.4 is 16.4 Å². The summed E-state index contributed by atoms with van der Waals surface area (Å²) in [6.45, 7) is 3.49. The van der Waals surface area contributed by atoms with Crippen LogP contribution in [0.4, 0.5) is 23.4 Å². The number of rotatable bonds is 6. The van der Waals surface area contributed by atoms with Crippen molar-refractivity contribution >= 4 is 45.2 Å². The minimum atomic E-state index is -0.141. The lowest BCUT2D eigenvalue weighted by Crippen LogP contribution is -2.42. The molecule has 0 bridgehead atoms. The molecule has 4 N–H and O–H groups in total. The van der Waals surface area contributed by atoms with E-state index in [4.69, 9.17) is 5.73 Å². The average molecular weight is 497 g/mol. The first kappa shape index (κ1) is 22.1. The molecule has 0 spiro atoms. The number of halogens is 1. The Kier molecular flexibility index (Phi) is 6.91. The molecular formula is C22H25BrN8O. The minimum absolute atomic E-state index is 0.0293. The van der Waals surface area contributed by atoms with Crippen LogP contribution in [0.1, 0.15) is 31.6 Å². The van der Waals surface area contributed by atoms with E-state index < -0.39 is 0 Å². The summed E-state index contributed by atoms with van der Waals surface area (Å²) in [5.74, 6) is 1.51.